The summed E-state index contributed by atoms with van der Waals surface area (Å²) in [4.78, 5) is 12.0. The minimum Gasteiger partial charge on any atom is -0.496 e. The molecule has 0 spiro atoms. The van der Waals surface area contributed by atoms with Gasteiger partial charge in [0.15, 0.2) is 5.78 Å². The maximum absolute atomic E-state index is 12.0. The molecule has 1 aromatic rings. The second-order valence-electron chi connectivity index (χ2n) is 3.68. The fourth-order valence-corrected chi connectivity index (χ4v) is 2.20. The summed E-state index contributed by atoms with van der Waals surface area (Å²) in [6.45, 7) is 4.10. The summed E-state index contributed by atoms with van der Waals surface area (Å²) in [5.74, 6) is 2.39. The van der Waals surface area contributed by atoms with Crippen LogP contribution in [0.3, 0.4) is 0 Å². The molecule has 1 aromatic carbocycles. The number of ketones is 1. The molecular formula is C13H18O2S. The number of hydrogen-bond acceptors (Lipinski definition) is 3. The zero-order valence-corrected chi connectivity index (χ0v) is 10.9. The summed E-state index contributed by atoms with van der Waals surface area (Å²) < 4.78 is 5.20. The van der Waals surface area contributed by atoms with Gasteiger partial charge in [0.25, 0.3) is 0 Å². The lowest BCUT2D eigenvalue weighted by molar-refractivity contribution is 0.101. The normalized spacial score (nSPS) is 10.2. The summed E-state index contributed by atoms with van der Waals surface area (Å²) in [6.07, 6.45) is 1.10. The lowest BCUT2D eigenvalue weighted by Gasteiger charge is -2.08. The van der Waals surface area contributed by atoms with Crippen molar-refractivity contribution in [2.45, 2.75) is 20.3 Å². The van der Waals surface area contributed by atoms with Crippen molar-refractivity contribution in [2.24, 2.45) is 0 Å². The molecule has 1 rings (SSSR count). The first-order chi connectivity index (χ1) is 7.69. The minimum atomic E-state index is 0.152. The topological polar surface area (TPSA) is 26.3 Å². The Morgan fingerprint density at radius 3 is 2.81 bits per heavy atom. The van der Waals surface area contributed by atoms with E-state index in [4.69, 9.17) is 4.74 Å². The minimum absolute atomic E-state index is 0.152. The predicted molar refractivity (Wildman–Crippen MR) is 69.7 cm³/mol. The lowest BCUT2D eigenvalue weighted by Crippen LogP contribution is -2.05. The van der Waals surface area contributed by atoms with Crippen molar-refractivity contribution in [3.05, 3.63) is 29.3 Å². The van der Waals surface area contributed by atoms with E-state index >= 15 is 0 Å². The Balaban J connectivity index is 2.76. The average molecular weight is 238 g/mol. The fraction of sp³-hybridized carbons (Fsp3) is 0.462. The zero-order chi connectivity index (χ0) is 12.0. The van der Waals surface area contributed by atoms with E-state index in [1.807, 2.05) is 25.1 Å². The Hall–Kier alpha value is -0.960. The van der Waals surface area contributed by atoms with Crippen LogP contribution >= 0.6 is 11.8 Å². The quantitative estimate of drug-likeness (QED) is 0.561. The van der Waals surface area contributed by atoms with Gasteiger partial charge in [-0.1, -0.05) is 18.6 Å². The molecule has 0 heterocycles. The van der Waals surface area contributed by atoms with E-state index in [0.717, 1.165) is 17.7 Å². The van der Waals surface area contributed by atoms with Gasteiger partial charge in [0, 0.05) is 0 Å². The van der Waals surface area contributed by atoms with E-state index in [1.54, 1.807) is 18.9 Å². The molecule has 0 fully saturated rings. The third kappa shape index (κ3) is 3.56. The number of thioether (sulfide) groups is 1. The number of Topliss-reactive ketones (excluding diaryl/α,β-unsaturated/α-hetero) is 1. The van der Waals surface area contributed by atoms with E-state index in [-0.39, 0.29) is 5.78 Å². The Labute approximate surface area is 101 Å². The standard InChI is InChI=1S/C13H18O2S/c1-4-7-16-9-12(14)11-8-10(2)5-6-13(11)15-3/h5-6,8H,4,7,9H2,1-3H3. The van der Waals surface area contributed by atoms with E-state index in [1.165, 1.54) is 0 Å². The van der Waals surface area contributed by atoms with E-state index in [9.17, 15) is 4.79 Å². The Kier molecular flexibility index (Phi) is 5.39. The van der Waals surface area contributed by atoms with Crippen LogP contribution in [0.2, 0.25) is 0 Å². The molecule has 0 radical (unpaired) electrons. The number of aryl methyl sites for hydroxylation is 1. The highest BCUT2D eigenvalue weighted by molar-refractivity contribution is 7.99. The molecular weight excluding hydrogens is 220 g/mol. The molecule has 0 aliphatic carbocycles. The van der Waals surface area contributed by atoms with Crippen LogP contribution in [0.25, 0.3) is 0 Å². The zero-order valence-electron chi connectivity index (χ0n) is 10.1. The van der Waals surface area contributed by atoms with Gasteiger partial charge in [-0.2, -0.15) is 11.8 Å². The fourth-order valence-electron chi connectivity index (χ4n) is 1.43. The molecule has 0 aromatic heterocycles. The molecule has 0 N–H and O–H groups in total. The molecule has 3 heteroatoms. The first kappa shape index (κ1) is 13.1. The van der Waals surface area contributed by atoms with E-state index in [2.05, 4.69) is 6.92 Å². The number of methoxy groups -OCH3 is 1. The van der Waals surface area contributed by atoms with Gasteiger partial charge in [-0.3, -0.25) is 4.79 Å². The molecule has 0 aliphatic rings. The highest BCUT2D eigenvalue weighted by atomic mass is 32.2. The molecule has 16 heavy (non-hydrogen) atoms. The molecule has 0 atom stereocenters. The Morgan fingerprint density at radius 2 is 2.19 bits per heavy atom. The van der Waals surface area contributed by atoms with Crippen molar-refractivity contribution < 1.29 is 9.53 Å². The van der Waals surface area contributed by atoms with Crippen LogP contribution in [0.5, 0.6) is 5.75 Å². The monoisotopic (exact) mass is 238 g/mol. The molecule has 0 saturated heterocycles. The number of carbonyl (C=O) groups is 1. The van der Waals surface area contributed by atoms with Gasteiger partial charge in [0.2, 0.25) is 0 Å². The molecule has 0 amide bonds. The van der Waals surface area contributed by atoms with Crippen LogP contribution in [0, 0.1) is 6.92 Å². The van der Waals surface area contributed by atoms with Gasteiger partial charge in [-0.25, -0.2) is 0 Å². The smallest absolute Gasteiger partial charge is 0.176 e. The van der Waals surface area contributed by atoms with Gasteiger partial charge in [0.1, 0.15) is 5.75 Å². The van der Waals surface area contributed by atoms with E-state index < -0.39 is 0 Å². The van der Waals surface area contributed by atoms with Gasteiger partial charge in [-0.05, 0) is 31.2 Å². The van der Waals surface area contributed by atoms with Crippen molar-refractivity contribution in [3.63, 3.8) is 0 Å². The Morgan fingerprint density at radius 1 is 1.44 bits per heavy atom. The summed E-state index contributed by atoms with van der Waals surface area (Å²) >= 11 is 1.68. The van der Waals surface area contributed by atoms with Crippen LogP contribution < -0.4 is 4.74 Å². The van der Waals surface area contributed by atoms with Crippen LogP contribution in [0.4, 0.5) is 0 Å². The van der Waals surface area contributed by atoms with Crippen LogP contribution in [0.15, 0.2) is 18.2 Å². The summed E-state index contributed by atoms with van der Waals surface area (Å²) in [5.41, 5.74) is 1.79. The molecule has 88 valence electrons. The first-order valence-electron chi connectivity index (χ1n) is 5.44. The lowest BCUT2D eigenvalue weighted by atomic mass is 10.1. The largest absolute Gasteiger partial charge is 0.496 e. The van der Waals surface area contributed by atoms with Crippen LogP contribution in [0.1, 0.15) is 29.3 Å². The predicted octanol–water partition coefficient (Wildman–Crippen LogP) is 3.33. The summed E-state index contributed by atoms with van der Waals surface area (Å²) in [7, 11) is 1.60. The maximum atomic E-state index is 12.0. The molecule has 2 nitrogen and oxygen atoms in total. The highest BCUT2D eigenvalue weighted by Crippen LogP contribution is 2.21. The van der Waals surface area contributed by atoms with Crippen LogP contribution in [-0.2, 0) is 0 Å². The SMILES string of the molecule is CCCSCC(=O)c1cc(C)ccc1OC. The molecule has 0 bridgehead atoms. The summed E-state index contributed by atoms with van der Waals surface area (Å²) in [5, 5.41) is 0. The number of rotatable bonds is 6. The third-order valence-electron chi connectivity index (χ3n) is 2.24. The van der Waals surface area contributed by atoms with Gasteiger partial charge in [0.05, 0.1) is 18.4 Å². The second kappa shape index (κ2) is 6.59. The van der Waals surface area contributed by atoms with E-state index in [0.29, 0.717) is 17.1 Å². The number of carbonyl (C=O) groups excluding carboxylic acids is 1. The number of benzene rings is 1. The Bertz CT molecular complexity index is 361. The number of ether oxygens (including phenoxy) is 1. The van der Waals surface area contributed by atoms with Gasteiger partial charge < -0.3 is 4.74 Å². The van der Waals surface area contributed by atoms with Crippen molar-refractivity contribution in [1.82, 2.24) is 0 Å². The van der Waals surface area contributed by atoms with Gasteiger partial charge >= 0.3 is 0 Å². The number of hydrogen-bond donors (Lipinski definition) is 0. The van der Waals surface area contributed by atoms with Crippen molar-refractivity contribution >= 4 is 17.5 Å². The molecule has 0 unspecified atom stereocenters. The van der Waals surface area contributed by atoms with Crippen molar-refractivity contribution in [2.75, 3.05) is 18.6 Å². The first-order valence-corrected chi connectivity index (χ1v) is 6.60. The van der Waals surface area contributed by atoms with Crippen molar-refractivity contribution in [3.8, 4) is 5.75 Å². The maximum Gasteiger partial charge on any atom is 0.176 e. The summed E-state index contributed by atoms with van der Waals surface area (Å²) in [6, 6.07) is 5.70. The third-order valence-corrected chi connectivity index (χ3v) is 3.40. The molecule has 0 saturated carbocycles. The van der Waals surface area contributed by atoms with Crippen LogP contribution in [-0.4, -0.2) is 24.4 Å². The second-order valence-corrected chi connectivity index (χ2v) is 4.78. The average Bonchev–Trinajstić information content (AvgIpc) is 2.29. The van der Waals surface area contributed by atoms with Gasteiger partial charge in [-0.15, -0.1) is 0 Å². The van der Waals surface area contributed by atoms with Crippen molar-refractivity contribution in [1.29, 1.82) is 0 Å². The molecule has 0 aliphatic heterocycles. The highest BCUT2D eigenvalue weighted by Gasteiger charge is 2.11.